The normalized spacial score (nSPS) is 10.5. The van der Waals surface area contributed by atoms with Crippen LogP contribution in [0.4, 0.5) is 0 Å². The van der Waals surface area contributed by atoms with Crippen LogP contribution in [0, 0.1) is 0 Å². The van der Waals surface area contributed by atoms with Gasteiger partial charge in [0.15, 0.2) is 0 Å². The van der Waals surface area contributed by atoms with Crippen LogP contribution in [0.15, 0.2) is 18.2 Å². The van der Waals surface area contributed by atoms with E-state index < -0.39 is 5.24 Å². The number of carbonyl (C=O) groups excluding carboxylic acids is 1. The van der Waals surface area contributed by atoms with Crippen LogP contribution in [-0.4, -0.2) is 10.3 Å². The highest BCUT2D eigenvalue weighted by atomic mass is 35.5. The van der Waals surface area contributed by atoms with Gasteiger partial charge in [0.1, 0.15) is 5.75 Å². The van der Waals surface area contributed by atoms with Crippen molar-refractivity contribution in [2.24, 2.45) is 0 Å². The Kier molecular flexibility index (Phi) is 2.94. The van der Waals surface area contributed by atoms with Crippen LogP contribution < -0.4 is 0 Å². The number of hydrogen-bond acceptors (Lipinski definition) is 2. The number of phenolic OH excluding ortho intramolecular Hbond substituents is 1. The first kappa shape index (κ1) is 10.1. The molecule has 0 saturated heterocycles. The maximum Gasteiger partial charge on any atom is 0.256 e. The minimum absolute atomic E-state index is 0.00231. The van der Waals surface area contributed by atoms with E-state index in [1.54, 1.807) is 12.1 Å². The molecule has 0 spiro atoms. The van der Waals surface area contributed by atoms with Crippen LogP contribution in [0.1, 0.15) is 35.7 Å². The summed E-state index contributed by atoms with van der Waals surface area (Å²) < 4.78 is 0. The fourth-order valence-corrected chi connectivity index (χ4v) is 1.34. The molecule has 1 aromatic carbocycles. The molecule has 0 heterocycles. The first-order valence-corrected chi connectivity index (χ1v) is 4.43. The molecule has 1 N–H and O–H groups in total. The van der Waals surface area contributed by atoms with Crippen molar-refractivity contribution in [3.8, 4) is 5.75 Å². The molecule has 0 aliphatic rings. The minimum Gasteiger partial charge on any atom is -0.507 e. The second-order valence-corrected chi connectivity index (χ2v) is 3.52. The standard InChI is InChI=1S/C10H11ClO2/c1-6(2)7-4-3-5-8(9(7)12)10(11)13/h3-6,12H,1-2H3. The first-order chi connectivity index (χ1) is 6.04. The van der Waals surface area contributed by atoms with E-state index in [0.29, 0.717) is 0 Å². The van der Waals surface area contributed by atoms with Gasteiger partial charge in [0.2, 0.25) is 0 Å². The summed E-state index contributed by atoms with van der Waals surface area (Å²) in [6, 6.07) is 5.00. The molecule has 0 aromatic heterocycles. The van der Waals surface area contributed by atoms with E-state index in [1.807, 2.05) is 13.8 Å². The third-order valence-electron chi connectivity index (χ3n) is 1.90. The van der Waals surface area contributed by atoms with E-state index >= 15 is 0 Å². The molecule has 0 atom stereocenters. The molecule has 0 unspecified atom stereocenters. The van der Waals surface area contributed by atoms with Gasteiger partial charge in [0.05, 0.1) is 5.56 Å². The molecule has 3 heteroatoms. The van der Waals surface area contributed by atoms with Gasteiger partial charge in [0, 0.05) is 0 Å². The highest BCUT2D eigenvalue weighted by molar-refractivity contribution is 6.68. The van der Waals surface area contributed by atoms with Gasteiger partial charge in [-0.25, -0.2) is 0 Å². The number of aromatic hydroxyl groups is 1. The highest BCUT2D eigenvalue weighted by Gasteiger charge is 2.13. The summed E-state index contributed by atoms with van der Waals surface area (Å²) in [6.45, 7) is 3.88. The molecule has 0 bridgehead atoms. The number of para-hydroxylation sites is 1. The highest BCUT2D eigenvalue weighted by Crippen LogP contribution is 2.29. The quantitative estimate of drug-likeness (QED) is 0.742. The summed E-state index contributed by atoms with van der Waals surface area (Å²) in [6.07, 6.45) is 0. The van der Waals surface area contributed by atoms with Gasteiger partial charge < -0.3 is 5.11 Å². The molecule has 1 rings (SSSR count). The maximum atomic E-state index is 10.8. The number of halogens is 1. The SMILES string of the molecule is CC(C)c1cccc(C(=O)Cl)c1O. The Morgan fingerprint density at radius 3 is 2.54 bits per heavy atom. The predicted octanol–water partition coefficient (Wildman–Crippen LogP) is 2.89. The van der Waals surface area contributed by atoms with E-state index in [4.69, 9.17) is 11.6 Å². The van der Waals surface area contributed by atoms with Gasteiger partial charge in [0.25, 0.3) is 5.24 Å². The fraction of sp³-hybridized carbons (Fsp3) is 0.300. The van der Waals surface area contributed by atoms with Crippen molar-refractivity contribution in [1.82, 2.24) is 0 Å². The number of hydrogen-bond donors (Lipinski definition) is 1. The molecule has 1 aromatic rings. The molecule has 0 amide bonds. The summed E-state index contributed by atoms with van der Waals surface area (Å²) >= 11 is 5.29. The number of benzene rings is 1. The smallest absolute Gasteiger partial charge is 0.256 e. The zero-order chi connectivity index (χ0) is 10.0. The Morgan fingerprint density at radius 1 is 1.46 bits per heavy atom. The molecule has 0 aliphatic heterocycles. The van der Waals surface area contributed by atoms with Crippen molar-refractivity contribution >= 4 is 16.8 Å². The molecule has 0 aliphatic carbocycles. The van der Waals surface area contributed by atoms with Crippen LogP contribution in [0.3, 0.4) is 0 Å². The van der Waals surface area contributed by atoms with Crippen molar-refractivity contribution < 1.29 is 9.90 Å². The van der Waals surface area contributed by atoms with Gasteiger partial charge in [-0.05, 0) is 29.1 Å². The maximum absolute atomic E-state index is 10.8. The van der Waals surface area contributed by atoms with Gasteiger partial charge in [-0.3, -0.25) is 4.79 Å². The third-order valence-corrected chi connectivity index (χ3v) is 2.10. The molecular weight excluding hydrogens is 188 g/mol. The van der Waals surface area contributed by atoms with E-state index in [9.17, 15) is 9.90 Å². The molecule has 0 saturated carbocycles. The van der Waals surface area contributed by atoms with Crippen molar-refractivity contribution in [2.75, 3.05) is 0 Å². The Labute approximate surface area is 82.2 Å². The predicted molar refractivity (Wildman–Crippen MR) is 52.4 cm³/mol. The number of rotatable bonds is 2. The van der Waals surface area contributed by atoms with Gasteiger partial charge in [-0.15, -0.1) is 0 Å². The topological polar surface area (TPSA) is 37.3 Å². The monoisotopic (exact) mass is 198 g/mol. The Hall–Kier alpha value is -1.02. The lowest BCUT2D eigenvalue weighted by molar-refractivity contribution is 0.107. The molecule has 0 radical (unpaired) electrons. The largest absolute Gasteiger partial charge is 0.507 e. The Morgan fingerprint density at radius 2 is 2.08 bits per heavy atom. The van der Waals surface area contributed by atoms with Gasteiger partial charge >= 0.3 is 0 Å². The summed E-state index contributed by atoms with van der Waals surface area (Å²) in [5, 5.41) is 9.00. The number of phenols is 1. The van der Waals surface area contributed by atoms with Gasteiger partial charge in [-0.1, -0.05) is 26.0 Å². The van der Waals surface area contributed by atoms with E-state index in [2.05, 4.69) is 0 Å². The van der Waals surface area contributed by atoms with E-state index in [0.717, 1.165) is 5.56 Å². The summed E-state index contributed by atoms with van der Waals surface area (Å²) in [4.78, 5) is 10.8. The van der Waals surface area contributed by atoms with E-state index in [-0.39, 0.29) is 17.2 Å². The summed E-state index contributed by atoms with van der Waals surface area (Å²) in [5.74, 6) is 0.175. The molecule has 70 valence electrons. The average Bonchev–Trinajstić information content (AvgIpc) is 2.03. The lowest BCUT2D eigenvalue weighted by Crippen LogP contribution is -1.95. The Bertz CT molecular complexity index is 332. The minimum atomic E-state index is -0.625. The van der Waals surface area contributed by atoms with Gasteiger partial charge in [-0.2, -0.15) is 0 Å². The second-order valence-electron chi connectivity index (χ2n) is 3.17. The zero-order valence-electron chi connectivity index (χ0n) is 7.54. The van der Waals surface area contributed by atoms with Crippen LogP contribution >= 0.6 is 11.6 Å². The summed E-state index contributed by atoms with van der Waals surface area (Å²) in [5.41, 5.74) is 0.916. The van der Waals surface area contributed by atoms with E-state index in [1.165, 1.54) is 6.07 Å². The molecular formula is C10H11ClO2. The zero-order valence-corrected chi connectivity index (χ0v) is 8.30. The molecule has 0 fully saturated rings. The Balaban J connectivity index is 3.26. The van der Waals surface area contributed by atoms with Crippen LogP contribution in [0.5, 0.6) is 5.75 Å². The van der Waals surface area contributed by atoms with Crippen molar-refractivity contribution in [1.29, 1.82) is 0 Å². The van der Waals surface area contributed by atoms with Crippen molar-refractivity contribution in [3.63, 3.8) is 0 Å². The van der Waals surface area contributed by atoms with Crippen molar-refractivity contribution in [2.45, 2.75) is 19.8 Å². The average molecular weight is 199 g/mol. The third kappa shape index (κ3) is 2.01. The van der Waals surface area contributed by atoms with Crippen LogP contribution in [-0.2, 0) is 0 Å². The van der Waals surface area contributed by atoms with Crippen LogP contribution in [0.2, 0.25) is 0 Å². The van der Waals surface area contributed by atoms with Crippen LogP contribution in [0.25, 0.3) is 0 Å². The number of carbonyl (C=O) groups is 1. The lowest BCUT2D eigenvalue weighted by Gasteiger charge is -2.09. The van der Waals surface area contributed by atoms with Crippen molar-refractivity contribution in [3.05, 3.63) is 29.3 Å². The summed E-state index contributed by atoms with van der Waals surface area (Å²) in [7, 11) is 0. The fourth-order valence-electron chi connectivity index (χ4n) is 1.19. The molecule has 13 heavy (non-hydrogen) atoms. The second kappa shape index (κ2) is 3.79. The first-order valence-electron chi connectivity index (χ1n) is 4.05. The molecule has 2 nitrogen and oxygen atoms in total. The lowest BCUT2D eigenvalue weighted by atomic mass is 10.00.